The molecule has 0 aliphatic carbocycles. The molecule has 0 radical (unpaired) electrons. The van der Waals surface area contributed by atoms with E-state index in [0.717, 1.165) is 29.5 Å². The fourth-order valence-corrected chi connectivity index (χ4v) is 2.19. The van der Waals surface area contributed by atoms with Crippen LogP contribution in [-0.2, 0) is 13.0 Å². The molecule has 2 heteroatoms. The molecule has 0 heterocycles. The number of aryl methyl sites for hydroxylation is 1. The molecule has 2 rings (SSSR count). The van der Waals surface area contributed by atoms with E-state index in [2.05, 4.69) is 24.3 Å². The van der Waals surface area contributed by atoms with E-state index in [9.17, 15) is 5.11 Å². The monoisotopic (exact) mass is 255 g/mol. The Kier molecular flexibility index (Phi) is 4.72. The van der Waals surface area contributed by atoms with Gasteiger partial charge in [-0.25, -0.2) is 0 Å². The fourth-order valence-electron chi connectivity index (χ4n) is 2.19. The summed E-state index contributed by atoms with van der Waals surface area (Å²) in [7, 11) is 0. The van der Waals surface area contributed by atoms with Crippen molar-refractivity contribution >= 4 is 0 Å². The lowest BCUT2D eigenvalue weighted by Crippen LogP contribution is -2.15. The van der Waals surface area contributed by atoms with Gasteiger partial charge in [0.15, 0.2) is 0 Å². The smallest absolute Gasteiger partial charge is 0.0687 e. The molecule has 0 saturated heterocycles. The van der Waals surface area contributed by atoms with Gasteiger partial charge in [-0.1, -0.05) is 48.5 Å². The van der Waals surface area contributed by atoms with Crippen molar-refractivity contribution in [1.82, 2.24) is 0 Å². The van der Waals surface area contributed by atoms with Crippen LogP contribution in [0.15, 0.2) is 48.5 Å². The highest BCUT2D eigenvalue weighted by molar-refractivity contribution is 5.67. The molecule has 3 N–H and O–H groups in total. The first-order chi connectivity index (χ1) is 9.20. The van der Waals surface area contributed by atoms with Gasteiger partial charge in [-0.05, 0) is 42.0 Å². The highest BCUT2D eigenvalue weighted by atomic mass is 16.3. The maximum Gasteiger partial charge on any atom is 0.0687 e. The minimum Gasteiger partial charge on any atom is -0.392 e. The van der Waals surface area contributed by atoms with Gasteiger partial charge in [-0.2, -0.15) is 0 Å². The Balaban J connectivity index is 2.18. The van der Waals surface area contributed by atoms with Gasteiger partial charge in [0.25, 0.3) is 0 Å². The topological polar surface area (TPSA) is 46.2 Å². The summed E-state index contributed by atoms with van der Waals surface area (Å²) in [5.41, 5.74) is 10.3. The summed E-state index contributed by atoms with van der Waals surface area (Å²) in [6.07, 6.45) is 2.02. The predicted molar refractivity (Wildman–Crippen MR) is 79.8 cm³/mol. The van der Waals surface area contributed by atoms with Gasteiger partial charge >= 0.3 is 0 Å². The molecule has 0 aliphatic heterocycles. The lowest BCUT2D eigenvalue weighted by molar-refractivity contribution is 0.282. The van der Waals surface area contributed by atoms with Crippen LogP contribution in [0.2, 0.25) is 0 Å². The SMILES string of the molecule is CC(N)CCc1ccc(-c2ccccc2CO)cc1. The average molecular weight is 255 g/mol. The van der Waals surface area contributed by atoms with Crippen molar-refractivity contribution in [3.63, 3.8) is 0 Å². The maximum absolute atomic E-state index is 9.37. The van der Waals surface area contributed by atoms with Crippen LogP contribution in [0.3, 0.4) is 0 Å². The fraction of sp³-hybridized carbons (Fsp3) is 0.294. The zero-order valence-corrected chi connectivity index (χ0v) is 11.3. The number of rotatable bonds is 5. The summed E-state index contributed by atoms with van der Waals surface area (Å²) < 4.78 is 0. The number of aliphatic hydroxyl groups is 1. The van der Waals surface area contributed by atoms with Crippen molar-refractivity contribution in [2.24, 2.45) is 5.73 Å². The van der Waals surface area contributed by atoms with Crippen LogP contribution in [0.4, 0.5) is 0 Å². The summed E-state index contributed by atoms with van der Waals surface area (Å²) >= 11 is 0. The van der Waals surface area contributed by atoms with Gasteiger partial charge in [0.1, 0.15) is 0 Å². The van der Waals surface area contributed by atoms with Crippen molar-refractivity contribution in [2.75, 3.05) is 0 Å². The van der Waals surface area contributed by atoms with Gasteiger partial charge in [-0.3, -0.25) is 0 Å². The predicted octanol–water partition coefficient (Wildman–Crippen LogP) is 3.13. The van der Waals surface area contributed by atoms with Crippen LogP contribution in [0.1, 0.15) is 24.5 Å². The van der Waals surface area contributed by atoms with Crippen LogP contribution in [-0.4, -0.2) is 11.1 Å². The van der Waals surface area contributed by atoms with Crippen molar-refractivity contribution in [3.8, 4) is 11.1 Å². The molecule has 0 amide bonds. The Labute approximate surface area is 114 Å². The molecule has 0 aliphatic rings. The second-order valence-electron chi connectivity index (χ2n) is 5.03. The largest absolute Gasteiger partial charge is 0.392 e. The lowest BCUT2D eigenvalue weighted by Gasteiger charge is -2.09. The Morgan fingerprint density at radius 1 is 1.05 bits per heavy atom. The number of aliphatic hydroxyl groups excluding tert-OH is 1. The second kappa shape index (κ2) is 6.50. The molecule has 19 heavy (non-hydrogen) atoms. The van der Waals surface area contributed by atoms with Crippen molar-refractivity contribution < 1.29 is 5.11 Å². The maximum atomic E-state index is 9.37. The normalized spacial score (nSPS) is 12.4. The quantitative estimate of drug-likeness (QED) is 0.862. The molecule has 0 fully saturated rings. The molecule has 2 aromatic rings. The molecule has 100 valence electrons. The van der Waals surface area contributed by atoms with Crippen LogP contribution in [0.5, 0.6) is 0 Å². The molecular formula is C17H21NO. The third-order valence-corrected chi connectivity index (χ3v) is 3.34. The molecule has 2 aromatic carbocycles. The highest BCUT2D eigenvalue weighted by Gasteiger charge is 2.04. The molecular weight excluding hydrogens is 234 g/mol. The Bertz CT molecular complexity index is 517. The van der Waals surface area contributed by atoms with E-state index in [0.29, 0.717) is 0 Å². The first-order valence-corrected chi connectivity index (χ1v) is 6.74. The third-order valence-electron chi connectivity index (χ3n) is 3.34. The van der Waals surface area contributed by atoms with E-state index < -0.39 is 0 Å². The van der Waals surface area contributed by atoms with Gasteiger partial charge < -0.3 is 10.8 Å². The summed E-state index contributed by atoms with van der Waals surface area (Å²) in [5.74, 6) is 0. The first kappa shape index (κ1) is 13.8. The number of hydrogen-bond acceptors (Lipinski definition) is 2. The minimum atomic E-state index is 0.0720. The van der Waals surface area contributed by atoms with E-state index in [1.54, 1.807) is 0 Å². The summed E-state index contributed by atoms with van der Waals surface area (Å²) in [5, 5.41) is 9.37. The molecule has 2 nitrogen and oxygen atoms in total. The van der Waals surface area contributed by atoms with Crippen LogP contribution >= 0.6 is 0 Å². The van der Waals surface area contributed by atoms with Gasteiger partial charge in [-0.15, -0.1) is 0 Å². The first-order valence-electron chi connectivity index (χ1n) is 6.74. The second-order valence-corrected chi connectivity index (χ2v) is 5.03. The Morgan fingerprint density at radius 3 is 2.37 bits per heavy atom. The van der Waals surface area contributed by atoms with E-state index >= 15 is 0 Å². The number of benzene rings is 2. The van der Waals surface area contributed by atoms with Gasteiger partial charge in [0, 0.05) is 6.04 Å². The number of nitrogens with two attached hydrogens (primary N) is 1. The highest BCUT2D eigenvalue weighted by Crippen LogP contribution is 2.24. The van der Waals surface area contributed by atoms with Crippen LogP contribution in [0, 0.1) is 0 Å². The summed E-state index contributed by atoms with van der Waals surface area (Å²) in [4.78, 5) is 0. The summed E-state index contributed by atoms with van der Waals surface area (Å²) in [6, 6.07) is 16.7. The van der Waals surface area contributed by atoms with Crippen LogP contribution < -0.4 is 5.73 Å². The van der Waals surface area contributed by atoms with E-state index in [-0.39, 0.29) is 12.6 Å². The Hall–Kier alpha value is -1.64. The Morgan fingerprint density at radius 2 is 1.74 bits per heavy atom. The molecule has 0 aromatic heterocycles. The molecule has 0 saturated carbocycles. The standard InChI is InChI=1S/C17H21NO/c1-13(18)6-7-14-8-10-15(11-9-14)17-5-3-2-4-16(17)12-19/h2-5,8-11,13,19H,6-7,12,18H2,1H3. The van der Waals surface area contributed by atoms with E-state index in [4.69, 9.17) is 5.73 Å². The van der Waals surface area contributed by atoms with Gasteiger partial charge in [0.2, 0.25) is 0 Å². The van der Waals surface area contributed by atoms with Crippen molar-refractivity contribution in [1.29, 1.82) is 0 Å². The van der Waals surface area contributed by atoms with E-state index in [1.165, 1.54) is 5.56 Å². The third kappa shape index (κ3) is 3.66. The zero-order valence-electron chi connectivity index (χ0n) is 11.3. The van der Waals surface area contributed by atoms with Crippen molar-refractivity contribution in [2.45, 2.75) is 32.4 Å². The van der Waals surface area contributed by atoms with E-state index in [1.807, 2.05) is 31.2 Å². The number of hydrogen-bond donors (Lipinski definition) is 2. The zero-order chi connectivity index (χ0) is 13.7. The summed E-state index contributed by atoms with van der Waals surface area (Å²) in [6.45, 7) is 2.11. The average Bonchev–Trinajstić information content (AvgIpc) is 2.45. The van der Waals surface area contributed by atoms with Crippen LogP contribution in [0.25, 0.3) is 11.1 Å². The molecule has 1 atom stereocenters. The van der Waals surface area contributed by atoms with Gasteiger partial charge in [0.05, 0.1) is 6.61 Å². The molecule has 0 spiro atoms. The molecule has 1 unspecified atom stereocenters. The lowest BCUT2D eigenvalue weighted by atomic mass is 9.98. The minimum absolute atomic E-state index is 0.0720. The molecule has 0 bridgehead atoms. The van der Waals surface area contributed by atoms with Crippen molar-refractivity contribution in [3.05, 3.63) is 59.7 Å².